The minimum absolute atomic E-state index is 0.420. The van der Waals surface area contributed by atoms with Crippen LogP contribution in [0.25, 0.3) is 0 Å². The smallest absolute Gasteiger partial charge is 0.323 e. The van der Waals surface area contributed by atoms with Crippen LogP contribution < -0.4 is 0 Å². The van der Waals surface area contributed by atoms with Crippen molar-refractivity contribution in [3.05, 3.63) is 24.8 Å². The van der Waals surface area contributed by atoms with Gasteiger partial charge in [0.25, 0.3) is 0 Å². The molecule has 2 N–H and O–H groups in total. The van der Waals surface area contributed by atoms with Crippen molar-refractivity contribution in [3.8, 4) is 0 Å². The second-order valence-electron chi connectivity index (χ2n) is 10.9. The molecule has 0 radical (unpaired) electrons. The number of likely N-dealkylation sites (N-methyl/N-ethyl adjacent to an activating group) is 1. The van der Waals surface area contributed by atoms with E-state index in [2.05, 4.69) is 25.7 Å². The average molecular weight is 517 g/mol. The maximum absolute atomic E-state index is 11.3. The molecule has 0 amide bonds. The van der Waals surface area contributed by atoms with Crippen molar-refractivity contribution in [1.29, 1.82) is 0 Å². The van der Waals surface area contributed by atoms with Gasteiger partial charge in [0.15, 0.2) is 0 Å². The molecule has 208 valence electrons. The maximum Gasteiger partial charge on any atom is 0.470 e. The average Bonchev–Trinajstić information content (AvgIpc) is 2.76. The summed E-state index contributed by atoms with van der Waals surface area (Å²) in [6, 6.07) is 0. The van der Waals surface area contributed by atoms with Crippen LogP contribution in [-0.2, 0) is 9.09 Å². The van der Waals surface area contributed by atoms with Crippen molar-refractivity contribution in [2.24, 2.45) is 0 Å². The van der Waals surface area contributed by atoms with Crippen LogP contribution in [-0.4, -0.2) is 47.6 Å². The fourth-order valence-corrected chi connectivity index (χ4v) is 5.23. The Morgan fingerprint density at radius 1 is 0.771 bits per heavy atom. The Morgan fingerprint density at radius 3 is 1.63 bits per heavy atom. The van der Waals surface area contributed by atoms with Crippen molar-refractivity contribution in [3.63, 3.8) is 0 Å². The molecule has 0 aromatic carbocycles. The molecular weight excluding hydrogens is 457 g/mol. The molecule has 1 unspecified atom stereocenters. The summed E-state index contributed by atoms with van der Waals surface area (Å²) in [7, 11) is -0.396. The molecule has 0 aliphatic carbocycles. The lowest BCUT2D eigenvalue weighted by Gasteiger charge is -2.32. The van der Waals surface area contributed by atoms with Crippen LogP contribution in [0, 0.1) is 0 Å². The summed E-state index contributed by atoms with van der Waals surface area (Å²) in [5, 5.41) is 0. The molecule has 0 spiro atoms. The Balaban J connectivity index is 3.62. The largest absolute Gasteiger partial charge is 0.470 e. The number of hydrogen-bond acceptors (Lipinski definition) is 2. The van der Waals surface area contributed by atoms with E-state index in [1.807, 2.05) is 20.2 Å². The van der Waals surface area contributed by atoms with Gasteiger partial charge >= 0.3 is 7.82 Å². The van der Waals surface area contributed by atoms with Crippen molar-refractivity contribution < 1.29 is 23.4 Å². The lowest BCUT2D eigenvalue weighted by atomic mass is 10.0. The van der Waals surface area contributed by atoms with Crippen LogP contribution in [0.5, 0.6) is 0 Å². The molecule has 5 nitrogen and oxygen atoms in total. The highest BCUT2D eigenvalue weighted by atomic mass is 31.2. The summed E-state index contributed by atoms with van der Waals surface area (Å²) in [5.74, 6) is 0. The van der Waals surface area contributed by atoms with E-state index < -0.39 is 13.9 Å². The summed E-state index contributed by atoms with van der Waals surface area (Å²) >= 11 is 0. The summed E-state index contributed by atoms with van der Waals surface area (Å²) in [6.07, 6.45) is 30.2. The fraction of sp³-hybridized carbons (Fsp3) is 0.862. The Labute approximate surface area is 218 Å². The monoisotopic (exact) mass is 516 g/mol. The molecule has 35 heavy (non-hydrogen) atoms. The van der Waals surface area contributed by atoms with Crippen LogP contribution in [0.1, 0.15) is 129 Å². The number of nitrogens with zero attached hydrogens (tertiary/aromatic N) is 1. The lowest BCUT2D eigenvalue weighted by Crippen LogP contribution is -2.45. The molecule has 0 aliphatic heterocycles. The van der Waals surface area contributed by atoms with Crippen LogP contribution in [0.2, 0.25) is 0 Å². The van der Waals surface area contributed by atoms with Gasteiger partial charge in [-0.2, -0.15) is 0 Å². The van der Waals surface area contributed by atoms with Gasteiger partial charge in [0.05, 0.1) is 20.6 Å². The standard InChI is InChI=1S/C29H58NO4P/c1-5-7-8-9-10-11-12-13-14-15-16-17-18-19-20-21-22-23-24-25-26-29(34-35(31,32)33)28-30(3,4)27-6-2/h6,13-14,29H,2,5,7-12,15-28H2,1,3-4H3,(H-,31,32,33)/p+1. The van der Waals surface area contributed by atoms with E-state index in [0.717, 1.165) is 19.4 Å². The normalized spacial score (nSPS) is 13.5. The first-order valence-electron chi connectivity index (χ1n) is 14.5. The molecule has 0 aromatic heterocycles. The number of phosphoric ester groups is 1. The summed E-state index contributed by atoms with van der Waals surface area (Å²) in [6.45, 7) is 7.37. The minimum Gasteiger partial charge on any atom is -0.323 e. The Hall–Kier alpha value is -0.450. The highest BCUT2D eigenvalue weighted by Crippen LogP contribution is 2.39. The Bertz CT molecular complexity index is 559. The molecule has 6 heteroatoms. The third kappa shape index (κ3) is 26.4. The minimum atomic E-state index is -4.46. The number of unbranched alkanes of at least 4 members (excludes halogenated alkanes) is 16. The molecule has 0 bridgehead atoms. The van der Waals surface area contributed by atoms with Gasteiger partial charge in [0.1, 0.15) is 12.6 Å². The molecule has 0 saturated carbocycles. The first-order chi connectivity index (χ1) is 16.7. The predicted octanol–water partition coefficient (Wildman–Crippen LogP) is 8.71. The first kappa shape index (κ1) is 34.6. The van der Waals surface area contributed by atoms with E-state index >= 15 is 0 Å². The van der Waals surface area contributed by atoms with E-state index in [-0.39, 0.29) is 0 Å². The second-order valence-corrected chi connectivity index (χ2v) is 12.1. The van der Waals surface area contributed by atoms with Crippen molar-refractivity contribution in [2.45, 2.75) is 135 Å². The highest BCUT2D eigenvalue weighted by molar-refractivity contribution is 7.46. The molecule has 0 saturated heterocycles. The van der Waals surface area contributed by atoms with Gasteiger partial charge in [-0.15, -0.1) is 0 Å². The molecule has 0 fully saturated rings. The number of phosphoric acid groups is 1. The van der Waals surface area contributed by atoms with Crippen LogP contribution in [0.15, 0.2) is 24.8 Å². The van der Waals surface area contributed by atoms with E-state index in [4.69, 9.17) is 4.52 Å². The van der Waals surface area contributed by atoms with Crippen molar-refractivity contribution in [1.82, 2.24) is 0 Å². The van der Waals surface area contributed by atoms with Gasteiger partial charge in [-0.05, 0) is 38.2 Å². The van der Waals surface area contributed by atoms with E-state index in [9.17, 15) is 14.4 Å². The van der Waals surface area contributed by atoms with Crippen molar-refractivity contribution in [2.75, 3.05) is 27.2 Å². The zero-order valence-electron chi connectivity index (χ0n) is 23.5. The number of hydrogen-bond donors (Lipinski definition) is 2. The highest BCUT2D eigenvalue weighted by Gasteiger charge is 2.28. The third-order valence-electron chi connectivity index (χ3n) is 6.65. The summed E-state index contributed by atoms with van der Waals surface area (Å²) < 4.78 is 17.0. The fourth-order valence-electron chi connectivity index (χ4n) is 4.67. The molecule has 0 aromatic rings. The van der Waals surface area contributed by atoms with Crippen LogP contribution in [0.4, 0.5) is 0 Å². The zero-order valence-corrected chi connectivity index (χ0v) is 24.4. The SMILES string of the molecule is C=CC[N+](C)(C)CC(CCCCCCCCCCCCC=CCCCCCCCC)OP(=O)(O)O. The van der Waals surface area contributed by atoms with Gasteiger partial charge in [0, 0.05) is 0 Å². The number of quaternary nitrogens is 1. The number of allylic oxidation sites excluding steroid dienone is 2. The molecule has 0 aliphatic rings. The van der Waals surface area contributed by atoms with E-state index in [1.54, 1.807) is 0 Å². The number of rotatable bonds is 26. The van der Waals surface area contributed by atoms with Crippen LogP contribution >= 0.6 is 7.82 Å². The molecule has 0 heterocycles. The molecule has 0 rings (SSSR count). The maximum atomic E-state index is 11.3. The quantitative estimate of drug-likeness (QED) is 0.0522. The third-order valence-corrected chi connectivity index (χ3v) is 7.22. The van der Waals surface area contributed by atoms with E-state index in [1.165, 1.54) is 103 Å². The van der Waals surface area contributed by atoms with Crippen LogP contribution in [0.3, 0.4) is 0 Å². The van der Waals surface area contributed by atoms with E-state index in [0.29, 0.717) is 17.4 Å². The summed E-state index contributed by atoms with van der Waals surface area (Å²) in [4.78, 5) is 18.5. The first-order valence-corrected chi connectivity index (χ1v) is 16.0. The Morgan fingerprint density at radius 2 is 1.20 bits per heavy atom. The van der Waals surface area contributed by atoms with Gasteiger partial charge < -0.3 is 14.3 Å². The van der Waals surface area contributed by atoms with Gasteiger partial charge in [-0.1, -0.05) is 116 Å². The molecular formula is C29H59NO4P+. The second kappa shape index (κ2) is 22.7. The van der Waals surface area contributed by atoms with Gasteiger partial charge in [-0.3, -0.25) is 4.52 Å². The zero-order chi connectivity index (χ0) is 26.3. The summed E-state index contributed by atoms with van der Waals surface area (Å²) in [5.41, 5.74) is 0. The van der Waals surface area contributed by atoms with Gasteiger partial charge in [-0.25, -0.2) is 4.57 Å². The molecule has 1 atom stereocenters. The van der Waals surface area contributed by atoms with Crippen molar-refractivity contribution >= 4 is 7.82 Å². The predicted molar refractivity (Wildman–Crippen MR) is 151 cm³/mol. The Kier molecular flexibility index (Phi) is 22.4. The topological polar surface area (TPSA) is 66.8 Å². The lowest BCUT2D eigenvalue weighted by molar-refractivity contribution is -0.887. The van der Waals surface area contributed by atoms with Gasteiger partial charge in [0.2, 0.25) is 0 Å².